The van der Waals surface area contributed by atoms with Crippen LogP contribution in [-0.4, -0.2) is 38.2 Å². The fraction of sp³-hybridized carbons (Fsp3) is 0.393. The summed E-state index contributed by atoms with van der Waals surface area (Å²) in [6, 6.07) is 13.6. The molecule has 7 heteroatoms. The molecule has 0 saturated heterocycles. The van der Waals surface area contributed by atoms with Gasteiger partial charge in [-0.3, -0.25) is 4.79 Å². The van der Waals surface area contributed by atoms with Crippen LogP contribution < -0.4 is 9.47 Å². The van der Waals surface area contributed by atoms with E-state index in [0.717, 1.165) is 37.7 Å². The first-order chi connectivity index (χ1) is 16.9. The van der Waals surface area contributed by atoms with Crippen LogP contribution >= 0.6 is 0 Å². The quantitative estimate of drug-likeness (QED) is 0.149. The highest BCUT2D eigenvalue weighted by atomic mass is 16.5. The van der Waals surface area contributed by atoms with Crippen LogP contribution in [0.15, 0.2) is 54.6 Å². The molecule has 188 valence electrons. The average Bonchev–Trinajstić information content (AvgIpc) is 2.89. The standard InChI is InChI=1S/C28H34O7/c1-4-21(2)27(30)34-20-8-6-5-7-19-33-24-16-12-23(13-17-24)28(31)35-25-14-9-22(10-15-25)11-18-26(29)32-3/h9-18,21H,4-8,19-20H2,1-3H3/b18-11+. The first kappa shape index (κ1) is 27.6. The Hall–Kier alpha value is -3.61. The predicted molar refractivity (Wildman–Crippen MR) is 133 cm³/mol. The molecule has 0 fully saturated rings. The Bertz CT molecular complexity index is 962. The molecule has 0 heterocycles. The lowest BCUT2D eigenvalue weighted by molar-refractivity contribution is -0.148. The molecular formula is C28H34O7. The van der Waals surface area contributed by atoms with E-state index in [1.165, 1.54) is 13.2 Å². The van der Waals surface area contributed by atoms with E-state index in [4.69, 9.17) is 14.2 Å². The predicted octanol–water partition coefficient (Wildman–Crippen LogP) is 5.62. The number of esters is 3. The summed E-state index contributed by atoms with van der Waals surface area (Å²) in [6.07, 6.45) is 7.44. The Morgan fingerprint density at radius 3 is 2.11 bits per heavy atom. The second-order valence-corrected chi connectivity index (χ2v) is 8.08. The van der Waals surface area contributed by atoms with Gasteiger partial charge in [0.05, 0.1) is 31.8 Å². The second kappa shape index (κ2) is 15.3. The number of benzene rings is 2. The van der Waals surface area contributed by atoms with Gasteiger partial charge in [0.25, 0.3) is 0 Å². The van der Waals surface area contributed by atoms with Gasteiger partial charge in [-0.25, -0.2) is 9.59 Å². The van der Waals surface area contributed by atoms with Crippen molar-refractivity contribution in [2.24, 2.45) is 5.92 Å². The Morgan fingerprint density at radius 2 is 1.49 bits per heavy atom. The average molecular weight is 483 g/mol. The molecule has 0 aromatic heterocycles. The number of carbonyl (C=O) groups is 3. The van der Waals surface area contributed by atoms with E-state index >= 15 is 0 Å². The van der Waals surface area contributed by atoms with Crippen molar-refractivity contribution >= 4 is 24.0 Å². The van der Waals surface area contributed by atoms with Gasteiger partial charge in [0.15, 0.2) is 0 Å². The van der Waals surface area contributed by atoms with Gasteiger partial charge in [-0.15, -0.1) is 0 Å². The smallest absolute Gasteiger partial charge is 0.343 e. The van der Waals surface area contributed by atoms with Crippen LogP contribution in [0.2, 0.25) is 0 Å². The molecule has 2 aromatic rings. The van der Waals surface area contributed by atoms with Gasteiger partial charge in [0.1, 0.15) is 11.5 Å². The number of methoxy groups -OCH3 is 1. The van der Waals surface area contributed by atoms with Crippen molar-refractivity contribution in [3.63, 3.8) is 0 Å². The first-order valence-corrected chi connectivity index (χ1v) is 11.9. The lowest BCUT2D eigenvalue weighted by Gasteiger charge is -2.09. The lowest BCUT2D eigenvalue weighted by Crippen LogP contribution is -2.14. The summed E-state index contributed by atoms with van der Waals surface area (Å²) in [5.41, 5.74) is 1.20. The van der Waals surface area contributed by atoms with Crippen molar-refractivity contribution in [1.82, 2.24) is 0 Å². The summed E-state index contributed by atoms with van der Waals surface area (Å²) in [5.74, 6) is 0.0243. The largest absolute Gasteiger partial charge is 0.494 e. The molecule has 35 heavy (non-hydrogen) atoms. The second-order valence-electron chi connectivity index (χ2n) is 8.08. The third kappa shape index (κ3) is 10.5. The molecule has 1 atom stereocenters. The maximum atomic E-state index is 12.4. The SMILES string of the molecule is CCC(C)C(=O)OCCCCCCOc1ccc(C(=O)Oc2ccc(/C=C/C(=O)OC)cc2)cc1. The Morgan fingerprint density at radius 1 is 0.857 bits per heavy atom. The number of rotatable bonds is 14. The normalized spacial score (nSPS) is 11.6. The Kier molecular flexibility index (Phi) is 12.1. The minimum Gasteiger partial charge on any atom is -0.494 e. The maximum Gasteiger partial charge on any atom is 0.343 e. The van der Waals surface area contributed by atoms with Gasteiger partial charge in [-0.05, 0) is 80.1 Å². The van der Waals surface area contributed by atoms with Crippen molar-refractivity contribution in [3.8, 4) is 11.5 Å². The van der Waals surface area contributed by atoms with Gasteiger partial charge >= 0.3 is 17.9 Å². The van der Waals surface area contributed by atoms with Gasteiger partial charge in [-0.2, -0.15) is 0 Å². The topological polar surface area (TPSA) is 88.1 Å². The fourth-order valence-corrected chi connectivity index (χ4v) is 2.96. The number of carbonyl (C=O) groups excluding carboxylic acids is 3. The summed E-state index contributed by atoms with van der Waals surface area (Å²) in [6.45, 7) is 4.90. The molecule has 2 aromatic carbocycles. The monoisotopic (exact) mass is 482 g/mol. The number of ether oxygens (including phenoxy) is 4. The van der Waals surface area contributed by atoms with Crippen LogP contribution in [0.1, 0.15) is 61.9 Å². The van der Waals surface area contributed by atoms with Crippen LogP contribution in [-0.2, 0) is 19.1 Å². The van der Waals surface area contributed by atoms with Gasteiger partial charge in [-0.1, -0.05) is 26.0 Å². The summed E-state index contributed by atoms with van der Waals surface area (Å²) >= 11 is 0. The minimum atomic E-state index is -0.469. The van der Waals surface area contributed by atoms with E-state index in [1.54, 1.807) is 54.6 Å². The summed E-state index contributed by atoms with van der Waals surface area (Å²) in [4.78, 5) is 35.1. The molecule has 0 aliphatic carbocycles. The van der Waals surface area contributed by atoms with Gasteiger partial charge in [0.2, 0.25) is 0 Å². The van der Waals surface area contributed by atoms with Crippen LogP contribution in [0.3, 0.4) is 0 Å². The molecule has 1 unspecified atom stereocenters. The lowest BCUT2D eigenvalue weighted by atomic mass is 10.1. The Labute approximate surface area is 207 Å². The zero-order chi connectivity index (χ0) is 25.5. The highest BCUT2D eigenvalue weighted by Gasteiger charge is 2.11. The molecule has 0 aliphatic heterocycles. The number of hydrogen-bond acceptors (Lipinski definition) is 7. The van der Waals surface area contributed by atoms with Crippen LogP contribution in [0.5, 0.6) is 11.5 Å². The van der Waals surface area contributed by atoms with Crippen molar-refractivity contribution in [2.45, 2.75) is 46.0 Å². The van der Waals surface area contributed by atoms with Crippen LogP contribution in [0.4, 0.5) is 0 Å². The molecule has 0 radical (unpaired) electrons. The number of hydrogen-bond donors (Lipinski definition) is 0. The van der Waals surface area contributed by atoms with Crippen LogP contribution in [0, 0.1) is 5.92 Å². The van der Waals surface area contributed by atoms with E-state index in [0.29, 0.717) is 30.3 Å². The minimum absolute atomic E-state index is 0.0359. The molecule has 0 saturated carbocycles. The fourth-order valence-electron chi connectivity index (χ4n) is 2.96. The highest BCUT2D eigenvalue weighted by Crippen LogP contribution is 2.18. The van der Waals surface area contributed by atoms with E-state index in [9.17, 15) is 14.4 Å². The van der Waals surface area contributed by atoms with E-state index < -0.39 is 11.9 Å². The number of unbranched alkanes of at least 4 members (excludes halogenated alkanes) is 3. The molecular weight excluding hydrogens is 448 g/mol. The first-order valence-electron chi connectivity index (χ1n) is 11.9. The molecule has 0 spiro atoms. The summed E-state index contributed by atoms with van der Waals surface area (Å²) < 4.78 is 20.9. The molecule has 0 bridgehead atoms. The van der Waals surface area contributed by atoms with E-state index in [-0.39, 0.29) is 11.9 Å². The zero-order valence-electron chi connectivity index (χ0n) is 20.7. The zero-order valence-corrected chi connectivity index (χ0v) is 20.7. The molecule has 0 N–H and O–H groups in total. The molecule has 7 nitrogen and oxygen atoms in total. The summed E-state index contributed by atoms with van der Waals surface area (Å²) in [7, 11) is 1.31. The van der Waals surface area contributed by atoms with Gasteiger partial charge in [0, 0.05) is 6.08 Å². The van der Waals surface area contributed by atoms with Crippen molar-refractivity contribution in [2.75, 3.05) is 20.3 Å². The van der Waals surface area contributed by atoms with E-state index in [2.05, 4.69) is 4.74 Å². The maximum absolute atomic E-state index is 12.4. The van der Waals surface area contributed by atoms with Crippen molar-refractivity contribution < 1.29 is 33.3 Å². The van der Waals surface area contributed by atoms with Crippen molar-refractivity contribution in [1.29, 1.82) is 0 Å². The Balaban J connectivity index is 1.66. The summed E-state index contributed by atoms with van der Waals surface area (Å²) in [5, 5.41) is 0. The van der Waals surface area contributed by atoms with Crippen LogP contribution in [0.25, 0.3) is 6.08 Å². The van der Waals surface area contributed by atoms with Crippen molar-refractivity contribution in [3.05, 3.63) is 65.7 Å². The molecule has 2 rings (SSSR count). The van der Waals surface area contributed by atoms with E-state index in [1.807, 2.05) is 13.8 Å². The van der Waals surface area contributed by atoms with Gasteiger partial charge < -0.3 is 18.9 Å². The third-order valence-corrected chi connectivity index (χ3v) is 5.36. The highest BCUT2D eigenvalue weighted by molar-refractivity contribution is 5.91. The molecule has 0 amide bonds. The molecule has 0 aliphatic rings. The third-order valence-electron chi connectivity index (χ3n) is 5.36.